The van der Waals surface area contributed by atoms with Gasteiger partial charge in [0.15, 0.2) is 5.82 Å². The molecule has 2 aromatic heterocycles. The standard InChI is InChI=1S/C16H21N3O2S/c1-2-6-14-17-16(21-18-14)13-8-3-4-9-19(13)15(20)11-12-7-5-10-22-12/h5,7,10,13H,2-4,6,8-9,11H2,1H3/t13-/m1/s1. The Bertz CT molecular complexity index is 609. The van der Waals surface area contributed by atoms with E-state index < -0.39 is 0 Å². The maximum atomic E-state index is 12.6. The molecule has 1 aliphatic heterocycles. The first-order valence-electron chi connectivity index (χ1n) is 7.92. The van der Waals surface area contributed by atoms with Crippen LogP contribution in [-0.2, 0) is 17.6 Å². The monoisotopic (exact) mass is 319 g/mol. The molecule has 0 unspecified atom stereocenters. The fourth-order valence-corrected chi connectivity index (χ4v) is 3.57. The van der Waals surface area contributed by atoms with Crippen LogP contribution in [-0.4, -0.2) is 27.5 Å². The highest BCUT2D eigenvalue weighted by Crippen LogP contribution is 2.30. The number of piperidine rings is 1. The molecule has 0 saturated carbocycles. The highest BCUT2D eigenvalue weighted by Gasteiger charge is 2.32. The lowest BCUT2D eigenvalue weighted by Crippen LogP contribution is -2.39. The van der Waals surface area contributed by atoms with Gasteiger partial charge in [0.1, 0.15) is 6.04 Å². The third-order valence-corrected chi connectivity index (χ3v) is 4.85. The van der Waals surface area contributed by atoms with Gasteiger partial charge in [-0.1, -0.05) is 18.1 Å². The van der Waals surface area contributed by atoms with E-state index in [2.05, 4.69) is 17.1 Å². The Kier molecular flexibility index (Phi) is 4.87. The van der Waals surface area contributed by atoms with Gasteiger partial charge in [0.05, 0.1) is 6.42 Å². The molecule has 1 amide bonds. The lowest BCUT2D eigenvalue weighted by molar-refractivity contribution is -0.134. The number of nitrogens with zero attached hydrogens (tertiary/aromatic N) is 3. The van der Waals surface area contributed by atoms with Crippen LogP contribution in [0.25, 0.3) is 0 Å². The largest absolute Gasteiger partial charge is 0.337 e. The van der Waals surface area contributed by atoms with Gasteiger partial charge in [-0.2, -0.15) is 4.98 Å². The van der Waals surface area contributed by atoms with Crippen molar-refractivity contribution in [1.82, 2.24) is 15.0 Å². The maximum absolute atomic E-state index is 12.6. The molecular weight excluding hydrogens is 298 g/mol. The quantitative estimate of drug-likeness (QED) is 0.847. The SMILES string of the molecule is CCCc1noc([C@H]2CCCCN2C(=O)Cc2cccs2)n1. The van der Waals surface area contributed by atoms with Gasteiger partial charge in [-0.25, -0.2) is 0 Å². The van der Waals surface area contributed by atoms with Crippen molar-refractivity contribution in [3.63, 3.8) is 0 Å². The smallest absolute Gasteiger partial charge is 0.249 e. The number of rotatable bonds is 5. The summed E-state index contributed by atoms with van der Waals surface area (Å²) in [4.78, 5) is 20.1. The number of amides is 1. The van der Waals surface area contributed by atoms with E-state index in [-0.39, 0.29) is 11.9 Å². The summed E-state index contributed by atoms with van der Waals surface area (Å²) in [5.41, 5.74) is 0. The van der Waals surface area contributed by atoms with Crippen LogP contribution in [0.1, 0.15) is 55.2 Å². The molecule has 1 atom stereocenters. The minimum absolute atomic E-state index is 0.0562. The predicted molar refractivity (Wildman–Crippen MR) is 84.6 cm³/mol. The third-order valence-electron chi connectivity index (χ3n) is 3.97. The van der Waals surface area contributed by atoms with Crippen LogP contribution in [0.5, 0.6) is 0 Å². The fraction of sp³-hybridized carbons (Fsp3) is 0.562. The van der Waals surface area contributed by atoms with Gasteiger partial charge >= 0.3 is 0 Å². The Hall–Kier alpha value is -1.69. The zero-order valence-electron chi connectivity index (χ0n) is 12.8. The van der Waals surface area contributed by atoms with E-state index in [0.29, 0.717) is 12.3 Å². The summed E-state index contributed by atoms with van der Waals surface area (Å²) in [5.74, 6) is 1.50. The number of hydrogen-bond acceptors (Lipinski definition) is 5. The first-order chi connectivity index (χ1) is 10.8. The van der Waals surface area contributed by atoms with Crippen LogP contribution in [0.4, 0.5) is 0 Å². The van der Waals surface area contributed by atoms with Crippen LogP contribution in [0, 0.1) is 0 Å². The second kappa shape index (κ2) is 7.05. The topological polar surface area (TPSA) is 59.2 Å². The molecule has 3 rings (SSSR count). The minimum atomic E-state index is -0.0562. The molecule has 118 valence electrons. The highest BCUT2D eigenvalue weighted by atomic mass is 32.1. The Balaban J connectivity index is 1.73. The second-order valence-electron chi connectivity index (χ2n) is 5.65. The molecule has 1 aliphatic rings. The Morgan fingerprint density at radius 1 is 1.50 bits per heavy atom. The second-order valence-corrected chi connectivity index (χ2v) is 6.69. The summed E-state index contributed by atoms with van der Waals surface area (Å²) in [7, 11) is 0. The maximum Gasteiger partial charge on any atom is 0.249 e. The first kappa shape index (κ1) is 15.2. The van der Waals surface area contributed by atoms with Crippen LogP contribution >= 0.6 is 11.3 Å². The number of carbonyl (C=O) groups excluding carboxylic acids is 1. The molecule has 6 heteroatoms. The Morgan fingerprint density at radius 3 is 3.18 bits per heavy atom. The number of aromatic nitrogens is 2. The van der Waals surface area contributed by atoms with Crippen molar-refractivity contribution in [2.24, 2.45) is 0 Å². The van der Waals surface area contributed by atoms with Crippen molar-refractivity contribution in [3.05, 3.63) is 34.1 Å². The van der Waals surface area contributed by atoms with E-state index in [9.17, 15) is 4.79 Å². The zero-order valence-corrected chi connectivity index (χ0v) is 13.6. The van der Waals surface area contributed by atoms with Gasteiger partial charge in [-0.05, 0) is 37.1 Å². The normalized spacial score (nSPS) is 18.6. The minimum Gasteiger partial charge on any atom is -0.337 e. The van der Waals surface area contributed by atoms with Gasteiger partial charge in [0.25, 0.3) is 0 Å². The number of carbonyl (C=O) groups is 1. The van der Waals surface area contributed by atoms with Gasteiger partial charge in [0, 0.05) is 17.8 Å². The molecule has 1 saturated heterocycles. The molecule has 22 heavy (non-hydrogen) atoms. The lowest BCUT2D eigenvalue weighted by atomic mass is 10.0. The highest BCUT2D eigenvalue weighted by molar-refractivity contribution is 7.10. The molecule has 5 nitrogen and oxygen atoms in total. The van der Waals surface area contributed by atoms with E-state index in [1.54, 1.807) is 11.3 Å². The summed E-state index contributed by atoms with van der Waals surface area (Å²) >= 11 is 1.62. The average molecular weight is 319 g/mol. The van der Waals surface area contributed by atoms with E-state index in [4.69, 9.17) is 4.52 Å². The molecule has 0 aromatic carbocycles. The molecule has 0 spiro atoms. The third kappa shape index (κ3) is 3.38. The van der Waals surface area contributed by atoms with Gasteiger partial charge in [0.2, 0.25) is 11.8 Å². The van der Waals surface area contributed by atoms with Gasteiger partial charge in [-0.3, -0.25) is 4.79 Å². The van der Waals surface area contributed by atoms with E-state index in [1.165, 1.54) is 0 Å². The van der Waals surface area contributed by atoms with Crippen LogP contribution in [0.3, 0.4) is 0 Å². The molecule has 2 aromatic rings. The van der Waals surface area contributed by atoms with Gasteiger partial charge in [-0.15, -0.1) is 11.3 Å². The van der Waals surface area contributed by atoms with E-state index in [1.807, 2.05) is 22.4 Å². The van der Waals surface area contributed by atoms with Crippen molar-refractivity contribution in [2.75, 3.05) is 6.54 Å². The van der Waals surface area contributed by atoms with Crippen LogP contribution in [0.15, 0.2) is 22.0 Å². The summed E-state index contributed by atoms with van der Waals surface area (Å²) in [6.45, 7) is 2.87. The summed E-state index contributed by atoms with van der Waals surface area (Å²) < 4.78 is 5.42. The summed E-state index contributed by atoms with van der Waals surface area (Å²) in [5, 5.41) is 6.03. The van der Waals surface area contributed by atoms with Crippen molar-refractivity contribution < 1.29 is 9.32 Å². The first-order valence-corrected chi connectivity index (χ1v) is 8.80. The molecular formula is C16H21N3O2S. The van der Waals surface area contributed by atoms with Crippen LogP contribution < -0.4 is 0 Å². The molecule has 0 radical (unpaired) electrons. The number of hydrogen-bond donors (Lipinski definition) is 0. The Morgan fingerprint density at radius 2 is 2.41 bits per heavy atom. The van der Waals surface area contributed by atoms with Crippen molar-refractivity contribution in [3.8, 4) is 0 Å². The lowest BCUT2D eigenvalue weighted by Gasteiger charge is -2.33. The summed E-state index contributed by atoms with van der Waals surface area (Å²) in [6, 6.07) is 3.93. The Labute approximate surface area is 134 Å². The molecule has 0 bridgehead atoms. The number of thiophene rings is 1. The molecule has 1 fully saturated rings. The van der Waals surface area contributed by atoms with Gasteiger partial charge < -0.3 is 9.42 Å². The zero-order chi connectivity index (χ0) is 15.4. The van der Waals surface area contributed by atoms with Crippen molar-refractivity contribution in [1.29, 1.82) is 0 Å². The van der Waals surface area contributed by atoms with Crippen LogP contribution in [0.2, 0.25) is 0 Å². The number of aryl methyl sites for hydroxylation is 1. The summed E-state index contributed by atoms with van der Waals surface area (Å²) in [6.07, 6.45) is 5.32. The molecule has 3 heterocycles. The van der Waals surface area contributed by atoms with Crippen molar-refractivity contribution >= 4 is 17.2 Å². The molecule has 0 aliphatic carbocycles. The molecule has 0 N–H and O–H groups in total. The predicted octanol–water partition coefficient (Wildman–Crippen LogP) is 3.38. The average Bonchev–Trinajstić information content (AvgIpc) is 3.19. The van der Waals surface area contributed by atoms with E-state index in [0.717, 1.165) is 49.4 Å². The number of likely N-dealkylation sites (tertiary alicyclic amines) is 1. The van der Waals surface area contributed by atoms with Crippen molar-refractivity contribution in [2.45, 2.75) is 51.5 Å². The van der Waals surface area contributed by atoms with E-state index >= 15 is 0 Å². The fourth-order valence-electron chi connectivity index (χ4n) is 2.88.